The molecule has 1 spiro atoms. The summed E-state index contributed by atoms with van der Waals surface area (Å²) in [6.45, 7) is 0. The second-order valence-corrected chi connectivity index (χ2v) is 10.5. The number of nitrogens with one attached hydrogen (secondary N) is 2. The number of pyridine rings is 1. The normalized spacial score (nSPS) is 22.6. The van der Waals surface area contributed by atoms with Crippen molar-refractivity contribution in [2.75, 3.05) is 12.4 Å². The van der Waals surface area contributed by atoms with Gasteiger partial charge in [0.2, 0.25) is 5.88 Å². The fourth-order valence-corrected chi connectivity index (χ4v) is 6.98. The van der Waals surface area contributed by atoms with E-state index in [0.717, 1.165) is 42.6 Å². The van der Waals surface area contributed by atoms with Crippen LogP contribution in [-0.4, -0.2) is 27.9 Å². The number of hydrogen-bond donors (Lipinski definition) is 2. The summed E-state index contributed by atoms with van der Waals surface area (Å²) in [5.74, 6) is 0.505. The maximum Gasteiger partial charge on any atom is 0.319 e. The molecule has 196 valence electrons. The zero-order valence-electron chi connectivity index (χ0n) is 21.5. The number of carbonyl (C=O) groups excluding carboxylic acids is 1. The van der Waals surface area contributed by atoms with Crippen molar-refractivity contribution in [3.63, 3.8) is 0 Å². The average molecular weight is 522 g/mol. The van der Waals surface area contributed by atoms with Gasteiger partial charge in [-0.2, -0.15) is 5.10 Å². The topological polar surface area (TPSA) is 81.1 Å². The van der Waals surface area contributed by atoms with Crippen LogP contribution >= 0.6 is 0 Å². The van der Waals surface area contributed by atoms with Crippen LogP contribution in [0.1, 0.15) is 47.7 Å². The second-order valence-electron chi connectivity index (χ2n) is 10.5. The zero-order chi connectivity index (χ0) is 26.6. The van der Waals surface area contributed by atoms with Crippen LogP contribution in [0.3, 0.4) is 0 Å². The van der Waals surface area contributed by atoms with E-state index in [1.807, 2.05) is 16.9 Å². The number of urea groups is 1. The Labute approximate surface area is 225 Å². The second kappa shape index (κ2) is 9.08. The first-order valence-electron chi connectivity index (χ1n) is 13.3. The van der Waals surface area contributed by atoms with E-state index < -0.39 is 0 Å². The molecule has 2 aromatic carbocycles. The lowest BCUT2D eigenvalue weighted by molar-refractivity contribution is 0.232. The molecule has 2 aromatic heterocycles. The van der Waals surface area contributed by atoms with Gasteiger partial charge in [-0.1, -0.05) is 29.8 Å². The standard InChI is InChI=1S/C31H28FN5O2/c1-39-29-26(7-4-14-33-29)35-30(38)36-27-15-20-8-9-21-16-28-19(17-31(20,21)25-6-3-2-5-24(25)27)18-34-37(28)23-12-10-22(32)11-13-23/h2-7,10-14,16,18,20,27H,8-9,15,17H2,1H3,(H2,35,36,38)/t20-,27?,31+/m1/s1. The van der Waals surface area contributed by atoms with Crippen molar-refractivity contribution < 1.29 is 13.9 Å². The number of nitrogens with zero attached hydrogens (tertiary/aromatic N) is 3. The first-order valence-corrected chi connectivity index (χ1v) is 13.3. The van der Waals surface area contributed by atoms with Crippen molar-refractivity contribution in [3.05, 3.63) is 107 Å². The van der Waals surface area contributed by atoms with Gasteiger partial charge in [-0.3, -0.25) is 0 Å². The van der Waals surface area contributed by atoms with E-state index in [-0.39, 0.29) is 23.3 Å². The van der Waals surface area contributed by atoms with Gasteiger partial charge in [-0.15, -0.1) is 0 Å². The molecule has 4 aromatic rings. The number of rotatable bonds is 4. The van der Waals surface area contributed by atoms with Gasteiger partial charge in [0, 0.05) is 11.6 Å². The Kier molecular flexibility index (Phi) is 5.50. The summed E-state index contributed by atoms with van der Waals surface area (Å²) in [6.07, 6.45) is 9.67. The van der Waals surface area contributed by atoms with E-state index in [4.69, 9.17) is 9.84 Å². The molecular weight excluding hydrogens is 493 g/mol. The minimum Gasteiger partial charge on any atom is -0.480 e. The Hall–Kier alpha value is -4.46. The molecule has 7 nitrogen and oxygen atoms in total. The maximum atomic E-state index is 13.5. The van der Waals surface area contributed by atoms with E-state index in [1.165, 1.54) is 35.9 Å². The molecule has 0 saturated heterocycles. The van der Waals surface area contributed by atoms with Crippen molar-refractivity contribution >= 4 is 17.8 Å². The summed E-state index contributed by atoms with van der Waals surface area (Å²) in [5.41, 5.74) is 7.40. The quantitative estimate of drug-likeness (QED) is 0.347. The molecule has 0 aliphatic heterocycles. The van der Waals surface area contributed by atoms with Crippen molar-refractivity contribution in [3.8, 4) is 11.6 Å². The molecule has 2 amide bonds. The predicted octanol–water partition coefficient (Wildman–Crippen LogP) is 5.97. The molecule has 39 heavy (non-hydrogen) atoms. The molecule has 2 heterocycles. The smallest absolute Gasteiger partial charge is 0.319 e. The number of carbonyl (C=O) groups is 1. The minimum atomic E-state index is -0.280. The van der Waals surface area contributed by atoms with Crippen LogP contribution in [0.15, 0.2) is 78.6 Å². The molecule has 0 bridgehead atoms. The zero-order valence-corrected chi connectivity index (χ0v) is 21.5. The van der Waals surface area contributed by atoms with Gasteiger partial charge in [0.15, 0.2) is 0 Å². The van der Waals surface area contributed by atoms with Gasteiger partial charge in [-0.05, 0) is 90.8 Å². The van der Waals surface area contributed by atoms with Crippen molar-refractivity contribution in [2.24, 2.45) is 5.92 Å². The highest BCUT2D eigenvalue weighted by Gasteiger charge is 2.54. The predicted molar refractivity (Wildman–Crippen MR) is 146 cm³/mol. The molecule has 3 atom stereocenters. The number of ether oxygens (including phenoxy) is 1. The van der Waals surface area contributed by atoms with Gasteiger partial charge in [0.25, 0.3) is 0 Å². The summed E-state index contributed by atoms with van der Waals surface area (Å²) < 4.78 is 20.7. The Morgan fingerprint density at radius 3 is 2.82 bits per heavy atom. The highest BCUT2D eigenvalue weighted by molar-refractivity contribution is 5.90. The molecule has 2 N–H and O–H groups in total. The third-order valence-electron chi connectivity index (χ3n) is 8.62. The first-order chi connectivity index (χ1) is 19.1. The molecule has 0 radical (unpaired) electrons. The van der Waals surface area contributed by atoms with Crippen LogP contribution in [0.25, 0.3) is 11.8 Å². The number of aromatic nitrogens is 3. The molecule has 8 heteroatoms. The van der Waals surface area contributed by atoms with Crippen LogP contribution < -0.4 is 15.4 Å². The number of methoxy groups -OCH3 is 1. The first kappa shape index (κ1) is 23.6. The van der Waals surface area contributed by atoms with Crippen LogP contribution in [0.5, 0.6) is 5.88 Å². The van der Waals surface area contributed by atoms with Gasteiger partial charge in [0.1, 0.15) is 11.5 Å². The van der Waals surface area contributed by atoms with Crippen LogP contribution in [0.4, 0.5) is 14.9 Å². The fraction of sp³-hybridized carbons (Fsp3) is 0.258. The number of halogens is 1. The van der Waals surface area contributed by atoms with Crippen molar-refractivity contribution in [2.45, 2.75) is 37.1 Å². The number of benzene rings is 2. The third kappa shape index (κ3) is 3.73. The molecule has 7 rings (SSSR count). The number of allylic oxidation sites excluding steroid dienone is 1. The molecule has 1 fully saturated rings. The number of fused-ring (bicyclic) bond motifs is 2. The fourth-order valence-electron chi connectivity index (χ4n) is 6.98. The summed E-state index contributed by atoms with van der Waals surface area (Å²) in [4.78, 5) is 17.3. The molecule has 3 aliphatic rings. The van der Waals surface area contributed by atoms with Crippen LogP contribution in [-0.2, 0) is 11.8 Å². The lowest BCUT2D eigenvalue weighted by atomic mass is 9.58. The van der Waals surface area contributed by atoms with Crippen molar-refractivity contribution in [1.82, 2.24) is 20.1 Å². The van der Waals surface area contributed by atoms with Crippen LogP contribution in [0, 0.1) is 11.7 Å². The van der Waals surface area contributed by atoms with E-state index >= 15 is 0 Å². The Bertz CT molecular complexity index is 1610. The van der Waals surface area contributed by atoms with Gasteiger partial charge in [0.05, 0.1) is 30.7 Å². The average Bonchev–Trinajstić information content (AvgIpc) is 3.54. The summed E-state index contributed by atoms with van der Waals surface area (Å²) in [7, 11) is 1.53. The monoisotopic (exact) mass is 521 g/mol. The molecule has 3 aliphatic carbocycles. The summed E-state index contributed by atoms with van der Waals surface area (Å²) >= 11 is 0. The molecule has 1 unspecified atom stereocenters. The van der Waals surface area contributed by atoms with Gasteiger partial charge < -0.3 is 15.4 Å². The van der Waals surface area contributed by atoms with Gasteiger partial charge in [-0.25, -0.2) is 18.9 Å². The Balaban J connectivity index is 1.22. The largest absolute Gasteiger partial charge is 0.480 e. The Morgan fingerprint density at radius 2 is 1.97 bits per heavy atom. The lowest BCUT2D eigenvalue weighted by Crippen LogP contribution is -2.45. The third-order valence-corrected chi connectivity index (χ3v) is 8.62. The number of anilines is 1. The van der Waals surface area contributed by atoms with Crippen LogP contribution in [0.2, 0.25) is 0 Å². The number of hydrogen-bond acceptors (Lipinski definition) is 4. The highest BCUT2D eigenvalue weighted by atomic mass is 19.1. The molecule has 1 saturated carbocycles. The minimum absolute atomic E-state index is 0.109. The maximum absolute atomic E-state index is 13.5. The SMILES string of the molecule is COc1ncccc1NC(=O)NC1C[C@H]2CCC3=Cc4c(cnn4-c4ccc(F)cc4)C[C@@]32c2ccccc21. The van der Waals surface area contributed by atoms with Gasteiger partial charge >= 0.3 is 6.03 Å². The summed E-state index contributed by atoms with van der Waals surface area (Å²) in [5, 5.41) is 10.8. The number of amides is 2. The van der Waals surface area contributed by atoms with E-state index in [0.29, 0.717) is 17.5 Å². The highest BCUT2D eigenvalue weighted by Crippen LogP contribution is 2.60. The Morgan fingerprint density at radius 1 is 1.13 bits per heavy atom. The van der Waals surface area contributed by atoms with E-state index in [2.05, 4.69) is 39.9 Å². The van der Waals surface area contributed by atoms with E-state index in [9.17, 15) is 9.18 Å². The lowest BCUT2D eigenvalue weighted by Gasteiger charge is -2.47. The van der Waals surface area contributed by atoms with E-state index in [1.54, 1.807) is 30.5 Å². The molecular formula is C31H28FN5O2. The summed E-state index contributed by atoms with van der Waals surface area (Å²) in [6, 6.07) is 18.1. The van der Waals surface area contributed by atoms with Crippen molar-refractivity contribution in [1.29, 1.82) is 0 Å².